The Bertz CT molecular complexity index is 335. The first-order valence-electron chi connectivity index (χ1n) is 6.15. The van der Waals surface area contributed by atoms with Gasteiger partial charge in [-0.3, -0.25) is 4.79 Å². The molecule has 7 nitrogen and oxygen atoms in total. The van der Waals surface area contributed by atoms with E-state index in [2.05, 4.69) is 10.5 Å². The van der Waals surface area contributed by atoms with Crippen molar-refractivity contribution in [3.8, 4) is 0 Å². The zero-order chi connectivity index (χ0) is 13.0. The van der Waals surface area contributed by atoms with E-state index in [0.717, 1.165) is 6.42 Å². The van der Waals surface area contributed by atoms with Crippen LogP contribution in [0.1, 0.15) is 19.3 Å². The van der Waals surface area contributed by atoms with Crippen LogP contribution in [0.3, 0.4) is 0 Å². The molecule has 1 heterocycles. The molecule has 0 aromatic heterocycles. The molecule has 18 heavy (non-hydrogen) atoms. The van der Waals surface area contributed by atoms with Gasteiger partial charge < -0.3 is 25.7 Å². The number of hydrogen-bond acceptors (Lipinski definition) is 5. The Morgan fingerprint density at radius 3 is 2.78 bits per heavy atom. The van der Waals surface area contributed by atoms with E-state index in [9.17, 15) is 4.79 Å². The van der Waals surface area contributed by atoms with Crippen LogP contribution in [0.15, 0.2) is 5.16 Å². The minimum Gasteiger partial charge on any atom is -0.409 e. The van der Waals surface area contributed by atoms with Crippen LogP contribution < -0.4 is 11.1 Å². The molecule has 1 saturated carbocycles. The Hall–Kier alpha value is -1.34. The lowest BCUT2D eigenvalue weighted by molar-refractivity contribution is -0.133. The van der Waals surface area contributed by atoms with Crippen LogP contribution in [0.4, 0.5) is 0 Å². The molecule has 4 N–H and O–H groups in total. The first-order valence-corrected chi connectivity index (χ1v) is 6.15. The normalized spacial score (nSPS) is 27.3. The van der Waals surface area contributed by atoms with E-state index in [1.165, 1.54) is 0 Å². The van der Waals surface area contributed by atoms with E-state index in [0.29, 0.717) is 39.2 Å². The first-order chi connectivity index (χ1) is 8.69. The molecule has 0 bridgehead atoms. The number of nitrogens with zero attached hydrogens (tertiary/aromatic N) is 1. The van der Waals surface area contributed by atoms with Gasteiger partial charge in [0.1, 0.15) is 5.41 Å². The molecule has 2 rings (SSSR count). The molecule has 0 spiro atoms. The van der Waals surface area contributed by atoms with Gasteiger partial charge in [-0.25, -0.2) is 0 Å². The number of nitrogens with two attached hydrogens (primary N) is 1. The van der Waals surface area contributed by atoms with Gasteiger partial charge in [-0.15, -0.1) is 0 Å². The van der Waals surface area contributed by atoms with E-state index in [1.807, 2.05) is 0 Å². The highest BCUT2D eigenvalue weighted by molar-refractivity contribution is 6.07. The summed E-state index contributed by atoms with van der Waals surface area (Å²) in [5.41, 5.74) is 4.78. The third-order valence-electron chi connectivity index (χ3n) is 3.62. The molecule has 2 fully saturated rings. The minimum absolute atomic E-state index is 0.00735. The molecule has 1 aliphatic carbocycles. The Balaban J connectivity index is 1.86. The number of hydrogen-bond donors (Lipinski definition) is 3. The van der Waals surface area contributed by atoms with Gasteiger partial charge in [0.25, 0.3) is 0 Å². The van der Waals surface area contributed by atoms with Crippen LogP contribution in [-0.2, 0) is 14.3 Å². The Morgan fingerprint density at radius 2 is 2.28 bits per heavy atom. The molecule has 0 aromatic carbocycles. The van der Waals surface area contributed by atoms with Crippen molar-refractivity contribution in [2.24, 2.45) is 16.3 Å². The second-order valence-corrected chi connectivity index (χ2v) is 4.70. The topological polar surface area (TPSA) is 106 Å². The third-order valence-corrected chi connectivity index (χ3v) is 3.62. The number of amidine groups is 1. The molecule has 1 amide bonds. The van der Waals surface area contributed by atoms with Crippen LogP contribution in [0.2, 0.25) is 0 Å². The monoisotopic (exact) mass is 257 g/mol. The van der Waals surface area contributed by atoms with Crippen LogP contribution >= 0.6 is 0 Å². The molecule has 0 radical (unpaired) electrons. The van der Waals surface area contributed by atoms with Crippen molar-refractivity contribution in [3.05, 3.63) is 0 Å². The van der Waals surface area contributed by atoms with Crippen molar-refractivity contribution >= 4 is 11.7 Å². The van der Waals surface area contributed by atoms with Gasteiger partial charge in [0, 0.05) is 6.54 Å². The lowest BCUT2D eigenvalue weighted by atomic mass is 9.67. The van der Waals surface area contributed by atoms with Crippen molar-refractivity contribution in [2.45, 2.75) is 25.4 Å². The summed E-state index contributed by atoms with van der Waals surface area (Å²) in [7, 11) is 0. The van der Waals surface area contributed by atoms with Gasteiger partial charge >= 0.3 is 0 Å². The first kappa shape index (κ1) is 13.1. The summed E-state index contributed by atoms with van der Waals surface area (Å²) in [6.45, 7) is 2.01. The largest absolute Gasteiger partial charge is 0.409 e. The predicted molar refractivity (Wildman–Crippen MR) is 63.3 cm³/mol. The number of oxime groups is 1. The summed E-state index contributed by atoms with van der Waals surface area (Å²) in [5.74, 6) is -0.203. The van der Waals surface area contributed by atoms with Gasteiger partial charge in [-0.2, -0.15) is 0 Å². The van der Waals surface area contributed by atoms with E-state index in [1.54, 1.807) is 0 Å². The molecule has 1 aliphatic heterocycles. The molecule has 1 unspecified atom stereocenters. The minimum atomic E-state index is -0.829. The third kappa shape index (κ3) is 2.41. The van der Waals surface area contributed by atoms with Crippen molar-refractivity contribution in [1.82, 2.24) is 5.32 Å². The highest BCUT2D eigenvalue weighted by Crippen LogP contribution is 2.41. The fourth-order valence-corrected chi connectivity index (χ4v) is 2.26. The van der Waals surface area contributed by atoms with Crippen molar-refractivity contribution in [3.63, 3.8) is 0 Å². The van der Waals surface area contributed by atoms with Gasteiger partial charge in [0.2, 0.25) is 5.91 Å². The maximum absolute atomic E-state index is 12.1. The van der Waals surface area contributed by atoms with E-state index >= 15 is 0 Å². The highest BCUT2D eigenvalue weighted by Gasteiger charge is 2.48. The van der Waals surface area contributed by atoms with Gasteiger partial charge in [-0.1, -0.05) is 11.6 Å². The average Bonchev–Trinajstić information content (AvgIpc) is 2.36. The van der Waals surface area contributed by atoms with E-state index in [-0.39, 0.29) is 17.8 Å². The quantitative estimate of drug-likeness (QED) is 0.271. The van der Waals surface area contributed by atoms with Crippen LogP contribution in [0.25, 0.3) is 0 Å². The number of carbonyl (C=O) groups excluding carboxylic acids is 1. The molecular formula is C11H19N3O4. The second-order valence-electron chi connectivity index (χ2n) is 4.70. The molecular weight excluding hydrogens is 238 g/mol. The fraction of sp³-hybridized carbons (Fsp3) is 0.818. The number of ether oxygens (including phenoxy) is 2. The SMILES string of the molecule is NC(=NO)C1(C(=O)NCC2COCCO2)CCC1. The second kappa shape index (κ2) is 5.53. The molecule has 2 aliphatic rings. The van der Waals surface area contributed by atoms with Gasteiger partial charge in [0.15, 0.2) is 5.84 Å². The van der Waals surface area contributed by atoms with Gasteiger partial charge in [0.05, 0.1) is 25.9 Å². The van der Waals surface area contributed by atoms with E-state index in [4.69, 9.17) is 20.4 Å². The molecule has 102 valence electrons. The summed E-state index contributed by atoms with van der Waals surface area (Å²) < 4.78 is 10.7. The van der Waals surface area contributed by atoms with Crippen molar-refractivity contribution < 1.29 is 19.5 Å². The van der Waals surface area contributed by atoms with Crippen LogP contribution in [-0.4, -0.2) is 49.4 Å². The van der Waals surface area contributed by atoms with E-state index < -0.39 is 5.41 Å². The summed E-state index contributed by atoms with van der Waals surface area (Å²) >= 11 is 0. The highest BCUT2D eigenvalue weighted by atomic mass is 16.6. The maximum atomic E-state index is 12.1. The molecule has 1 saturated heterocycles. The molecule has 1 atom stereocenters. The predicted octanol–water partition coefficient (Wildman–Crippen LogP) is -0.565. The zero-order valence-electron chi connectivity index (χ0n) is 10.2. The Labute approximate surface area is 105 Å². The smallest absolute Gasteiger partial charge is 0.234 e. The summed E-state index contributed by atoms with van der Waals surface area (Å²) in [5, 5.41) is 14.5. The summed E-state index contributed by atoms with van der Waals surface area (Å²) in [6, 6.07) is 0. The zero-order valence-corrected chi connectivity index (χ0v) is 10.2. The van der Waals surface area contributed by atoms with Crippen molar-refractivity contribution in [1.29, 1.82) is 0 Å². The lowest BCUT2D eigenvalue weighted by Gasteiger charge is -2.39. The van der Waals surface area contributed by atoms with Crippen LogP contribution in [0, 0.1) is 5.41 Å². The Kier molecular flexibility index (Phi) is 4.03. The molecule has 0 aromatic rings. The Morgan fingerprint density at radius 1 is 1.50 bits per heavy atom. The standard InChI is InChI=1S/C11H19N3O4/c12-9(14-16)11(2-1-3-11)10(15)13-6-8-7-17-4-5-18-8/h8,16H,1-7H2,(H2,12,14)(H,13,15). The summed E-state index contributed by atoms with van der Waals surface area (Å²) in [4.78, 5) is 12.1. The number of amides is 1. The van der Waals surface area contributed by atoms with Crippen molar-refractivity contribution in [2.75, 3.05) is 26.4 Å². The van der Waals surface area contributed by atoms with Gasteiger partial charge in [-0.05, 0) is 12.8 Å². The average molecular weight is 257 g/mol. The number of rotatable bonds is 4. The number of nitrogens with one attached hydrogen (secondary N) is 1. The van der Waals surface area contributed by atoms with Crippen LogP contribution in [0.5, 0.6) is 0 Å². The molecule has 7 heteroatoms. The number of carbonyl (C=O) groups is 1. The fourth-order valence-electron chi connectivity index (χ4n) is 2.26. The summed E-state index contributed by atoms with van der Waals surface area (Å²) in [6.07, 6.45) is 2.03. The lowest BCUT2D eigenvalue weighted by Crippen LogP contribution is -2.55. The maximum Gasteiger partial charge on any atom is 0.234 e.